The van der Waals surface area contributed by atoms with Gasteiger partial charge >= 0.3 is 6.09 Å². The highest BCUT2D eigenvalue weighted by atomic mass is 35.5. The van der Waals surface area contributed by atoms with Crippen molar-refractivity contribution in [1.82, 2.24) is 10.6 Å². The average Bonchev–Trinajstić information content (AvgIpc) is 2.74. The third-order valence-corrected chi connectivity index (χ3v) is 3.04. The number of carbonyl (C=O) groups is 1. The molecule has 4 nitrogen and oxygen atoms in total. The molecule has 1 aromatic rings. The fourth-order valence-electron chi connectivity index (χ4n) is 1.97. The quantitative estimate of drug-likeness (QED) is 0.884. The molecular formula is C13H19ClN2O2. The lowest BCUT2D eigenvalue weighted by Crippen LogP contribution is -2.41. The van der Waals surface area contributed by atoms with Gasteiger partial charge in [-0.25, -0.2) is 4.79 Å². The number of hydrogen-bond acceptors (Lipinski definition) is 3. The Morgan fingerprint density at radius 2 is 2.17 bits per heavy atom. The van der Waals surface area contributed by atoms with Gasteiger partial charge in [0.15, 0.2) is 0 Å². The van der Waals surface area contributed by atoms with E-state index in [1.165, 1.54) is 0 Å². The average molecular weight is 271 g/mol. The molecule has 0 unspecified atom stereocenters. The van der Waals surface area contributed by atoms with Crippen molar-refractivity contribution in [1.29, 1.82) is 0 Å². The molecule has 0 aliphatic carbocycles. The summed E-state index contributed by atoms with van der Waals surface area (Å²) in [6, 6.07) is 10.2. The van der Waals surface area contributed by atoms with Crippen LogP contribution in [0.25, 0.3) is 0 Å². The molecule has 2 N–H and O–H groups in total. The maximum absolute atomic E-state index is 11.6. The third-order valence-electron chi connectivity index (χ3n) is 3.04. The highest BCUT2D eigenvalue weighted by Gasteiger charge is 2.24. The number of nitrogens with one attached hydrogen (secondary N) is 2. The number of halogens is 1. The Morgan fingerprint density at radius 3 is 2.78 bits per heavy atom. The van der Waals surface area contributed by atoms with Gasteiger partial charge in [-0.05, 0) is 25.5 Å². The van der Waals surface area contributed by atoms with E-state index in [9.17, 15) is 4.79 Å². The van der Waals surface area contributed by atoms with Crippen molar-refractivity contribution in [3.63, 3.8) is 0 Å². The predicted octanol–water partition coefficient (Wildman–Crippen LogP) is 2.09. The smallest absolute Gasteiger partial charge is 0.407 e. The molecule has 1 aromatic carbocycles. The van der Waals surface area contributed by atoms with E-state index in [0.717, 1.165) is 18.5 Å². The SMILES string of the molecule is C[C@H]1NCC[C@H]1NC(=O)OCc1ccccc1.Cl. The van der Waals surface area contributed by atoms with Gasteiger partial charge in [-0.1, -0.05) is 30.3 Å². The summed E-state index contributed by atoms with van der Waals surface area (Å²) in [5, 5.41) is 6.15. The zero-order valence-corrected chi connectivity index (χ0v) is 11.2. The lowest BCUT2D eigenvalue weighted by molar-refractivity contribution is 0.135. The fraction of sp³-hybridized carbons (Fsp3) is 0.462. The summed E-state index contributed by atoms with van der Waals surface area (Å²) < 4.78 is 5.16. The van der Waals surface area contributed by atoms with Crippen LogP contribution in [0.4, 0.5) is 4.79 Å². The molecule has 1 amide bonds. The van der Waals surface area contributed by atoms with E-state index in [1.807, 2.05) is 30.3 Å². The molecule has 0 radical (unpaired) electrons. The molecule has 2 atom stereocenters. The van der Waals surface area contributed by atoms with Crippen LogP contribution in [0.1, 0.15) is 18.9 Å². The van der Waals surface area contributed by atoms with Crippen LogP contribution < -0.4 is 10.6 Å². The first-order chi connectivity index (χ1) is 8.25. The molecule has 100 valence electrons. The Labute approximate surface area is 114 Å². The van der Waals surface area contributed by atoms with Crippen molar-refractivity contribution in [3.05, 3.63) is 35.9 Å². The molecule has 1 heterocycles. The normalized spacial score (nSPS) is 22.1. The van der Waals surface area contributed by atoms with Gasteiger partial charge in [0, 0.05) is 12.1 Å². The number of carbonyl (C=O) groups excluding carboxylic acids is 1. The number of rotatable bonds is 3. The van der Waals surface area contributed by atoms with Crippen LogP contribution >= 0.6 is 12.4 Å². The molecule has 0 bridgehead atoms. The van der Waals surface area contributed by atoms with E-state index < -0.39 is 0 Å². The number of alkyl carbamates (subject to hydrolysis) is 1. The van der Waals surface area contributed by atoms with Crippen molar-refractivity contribution in [2.24, 2.45) is 0 Å². The van der Waals surface area contributed by atoms with Gasteiger partial charge < -0.3 is 15.4 Å². The fourth-order valence-corrected chi connectivity index (χ4v) is 1.97. The summed E-state index contributed by atoms with van der Waals surface area (Å²) in [6.07, 6.45) is 0.621. The Balaban J connectivity index is 0.00000162. The summed E-state index contributed by atoms with van der Waals surface area (Å²) in [5.41, 5.74) is 1.00. The molecule has 2 rings (SSSR count). The van der Waals surface area contributed by atoms with Crippen molar-refractivity contribution in [2.75, 3.05) is 6.54 Å². The molecule has 18 heavy (non-hydrogen) atoms. The van der Waals surface area contributed by atoms with Gasteiger partial charge in [-0.2, -0.15) is 0 Å². The second kappa shape index (κ2) is 7.24. The molecule has 0 aromatic heterocycles. The molecule has 5 heteroatoms. The molecule has 0 spiro atoms. The highest BCUT2D eigenvalue weighted by Crippen LogP contribution is 2.07. The van der Waals surface area contributed by atoms with E-state index >= 15 is 0 Å². The Morgan fingerprint density at radius 1 is 1.44 bits per heavy atom. The molecule has 0 saturated carbocycles. The summed E-state index contributed by atoms with van der Waals surface area (Å²) in [4.78, 5) is 11.6. The van der Waals surface area contributed by atoms with E-state index in [-0.39, 0.29) is 24.5 Å². The molecule has 1 saturated heterocycles. The summed E-state index contributed by atoms with van der Waals surface area (Å²) >= 11 is 0. The van der Waals surface area contributed by atoms with Crippen LogP contribution in [-0.4, -0.2) is 24.7 Å². The minimum Gasteiger partial charge on any atom is -0.445 e. The Kier molecular flexibility index (Phi) is 5.95. The molecule has 1 aliphatic rings. The summed E-state index contributed by atoms with van der Waals surface area (Å²) in [5.74, 6) is 0. The summed E-state index contributed by atoms with van der Waals surface area (Å²) in [7, 11) is 0. The van der Waals surface area contributed by atoms with Crippen LogP contribution in [0.3, 0.4) is 0 Å². The highest BCUT2D eigenvalue weighted by molar-refractivity contribution is 5.85. The predicted molar refractivity (Wildman–Crippen MR) is 72.9 cm³/mol. The number of benzene rings is 1. The van der Waals surface area contributed by atoms with Crippen LogP contribution in [0.15, 0.2) is 30.3 Å². The van der Waals surface area contributed by atoms with E-state index in [1.54, 1.807) is 0 Å². The maximum atomic E-state index is 11.6. The zero-order valence-electron chi connectivity index (χ0n) is 10.4. The second-order valence-electron chi connectivity index (χ2n) is 4.34. The zero-order chi connectivity index (χ0) is 12.1. The van der Waals surface area contributed by atoms with E-state index in [0.29, 0.717) is 12.6 Å². The second-order valence-corrected chi connectivity index (χ2v) is 4.34. The Bertz CT molecular complexity index is 373. The van der Waals surface area contributed by atoms with Crippen LogP contribution in [-0.2, 0) is 11.3 Å². The first-order valence-electron chi connectivity index (χ1n) is 5.96. The number of ether oxygens (including phenoxy) is 1. The molecular weight excluding hydrogens is 252 g/mol. The topological polar surface area (TPSA) is 50.4 Å². The lowest BCUT2D eigenvalue weighted by Gasteiger charge is -2.16. The molecule has 1 aliphatic heterocycles. The van der Waals surface area contributed by atoms with Crippen LogP contribution in [0.2, 0.25) is 0 Å². The standard InChI is InChI=1S/C13H18N2O2.ClH/c1-10-12(7-8-14-10)15-13(16)17-9-11-5-3-2-4-6-11;/h2-6,10,12,14H,7-9H2,1H3,(H,15,16);1H/t10-,12-;/m1./s1. The first-order valence-corrected chi connectivity index (χ1v) is 5.96. The van der Waals surface area contributed by atoms with Gasteiger partial charge in [-0.3, -0.25) is 0 Å². The van der Waals surface area contributed by atoms with Gasteiger partial charge in [0.1, 0.15) is 6.61 Å². The monoisotopic (exact) mass is 270 g/mol. The minimum absolute atomic E-state index is 0. The molecule has 1 fully saturated rings. The number of amides is 1. The lowest BCUT2D eigenvalue weighted by atomic mass is 10.1. The largest absolute Gasteiger partial charge is 0.445 e. The Hall–Kier alpha value is -1.26. The minimum atomic E-state index is -0.339. The van der Waals surface area contributed by atoms with Gasteiger partial charge in [0.25, 0.3) is 0 Å². The van der Waals surface area contributed by atoms with Crippen molar-refractivity contribution in [3.8, 4) is 0 Å². The van der Waals surface area contributed by atoms with Crippen LogP contribution in [0.5, 0.6) is 0 Å². The van der Waals surface area contributed by atoms with E-state index in [2.05, 4.69) is 17.6 Å². The van der Waals surface area contributed by atoms with Gasteiger partial charge in [-0.15, -0.1) is 12.4 Å². The number of hydrogen-bond donors (Lipinski definition) is 2. The van der Waals surface area contributed by atoms with Gasteiger partial charge in [0.2, 0.25) is 0 Å². The van der Waals surface area contributed by atoms with Crippen molar-refractivity contribution in [2.45, 2.75) is 32.0 Å². The van der Waals surface area contributed by atoms with Crippen LogP contribution in [0, 0.1) is 0 Å². The van der Waals surface area contributed by atoms with E-state index in [4.69, 9.17) is 4.74 Å². The maximum Gasteiger partial charge on any atom is 0.407 e. The van der Waals surface area contributed by atoms with Crippen molar-refractivity contribution < 1.29 is 9.53 Å². The third kappa shape index (κ3) is 4.20. The summed E-state index contributed by atoms with van der Waals surface area (Å²) in [6.45, 7) is 3.33. The van der Waals surface area contributed by atoms with Gasteiger partial charge in [0.05, 0.1) is 0 Å². The first kappa shape index (κ1) is 14.8. The van der Waals surface area contributed by atoms with Crippen molar-refractivity contribution >= 4 is 18.5 Å².